The van der Waals surface area contributed by atoms with Crippen molar-refractivity contribution in [1.29, 1.82) is 0 Å². The van der Waals surface area contributed by atoms with Gasteiger partial charge in [0.25, 0.3) is 5.91 Å². The molecule has 0 saturated heterocycles. The minimum atomic E-state index is -0.621. The number of hydrogen-bond donors (Lipinski definition) is 1. The van der Waals surface area contributed by atoms with E-state index in [0.717, 1.165) is 11.3 Å². The summed E-state index contributed by atoms with van der Waals surface area (Å²) in [6.45, 7) is 12.4. The number of aromatic nitrogens is 1. The molecule has 0 aliphatic heterocycles. The van der Waals surface area contributed by atoms with E-state index in [1.807, 2.05) is 29.6 Å². The molecule has 4 nitrogen and oxygen atoms in total. The lowest BCUT2D eigenvalue weighted by Gasteiger charge is -2.20. The van der Waals surface area contributed by atoms with Gasteiger partial charge in [-0.2, -0.15) is 0 Å². The summed E-state index contributed by atoms with van der Waals surface area (Å²) in [5, 5.41) is 5.38. The van der Waals surface area contributed by atoms with Crippen molar-refractivity contribution in [1.82, 2.24) is 4.98 Å². The number of anilines is 1. The summed E-state index contributed by atoms with van der Waals surface area (Å²) in [7, 11) is 0. The van der Waals surface area contributed by atoms with Crippen molar-refractivity contribution in [3.8, 4) is 17.0 Å². The summed E-state index contributed by atoms with van der Waals surface area (Å²) in [5.41, 5.74) is 5.69. The number of nitrogens with zero attached hydrogens (tertiary/aromatic N) is 1. The summed E-state index contributed by atoms with van der Waals surface area (Å²) in [6.07, 6.45) is -0.621. The van der Waals surface area contributed by atoms with Crippen molar-refractivity contribution in [3.63, 3.8) is 0 Å². The average Bonchev–Trinajstić information content (AvgIpc) is 3.12. The molecule has 0 bridgehead atoms. The number of rotatable bonds is 5. The van der Waals surface area contributed by atoms with Gasteiger partial charge in [-0.3, -0.25) is 10.1 Å². The quantitative estimate of drug-likeness (QED) is 0.552. The highest BCUT2D eigenvalue weighted by atomic mass is 32.1. The van der Waals surface area contributed by atoms with E-state index in [-0.39, 0.29) is 11.3 Å². The maximum absolute atomic E-state index is 12.5. The zero-order chi connectivity index (χ0) is 21.2. The number of nitrogens with one attached hydrogen (secondary N) is 1. The number of ether oxygens (including phenoxy) is 1. The number of thiazole rings is 1. The van der Waals surface area contributed by atoms with Crippen LogP contribution >= 0.6 is 11.3 Å². The van der Waals surface area contributed by atoms with Crippen molar-refractivity contribution in [2.24, 2.45) is 0 Å². The van der Waals surface area contributed by atoms with Crippen LogP contribution in [-0.2, 0) is 10.2 Å². The van der Waals surface area contributed by atoms with E-state index in [9.17, 15) is 4.79 Å². The Labute approximate surface area is 177 Å². The molecule has 0 aliphatic carbocycles. The van der Waals surface area contributed by atoms with E-state index in [1.165, 1.54) is 28.0 Å². The molecular formula is C24H28N2O2S. The van der Waals surface area contributed by atoms with Crippen molar-refractivity contribution < 1.29 is 9.53 Å². The van der Waals surface area contributed by atoms with Crippen LogP contribution in [0.1, 0.15) is 44.4 Å². The van der Waals surface area contributed by atoms with Crippen molar-refractivity contribution >= 4 is 22.4 Å². The zero-order valence-corrected chi connectivity index (χ0v) is 18.7. The lowest BCUT2D eigenvalue weighted by atomic mass is 9.87. The van der Waals surface area contributed by atoms with Crippen molar-refractivity contribution in [2.45, 2.75) is 53.1 Å². The normalized spacial score (nSPS) is 12.5. The van der Waals surface area contributed by atoms with Gasteiger partial charge in [-0.1, -0.05) is 45.0 Å². The first-order chi connectivity index (χ1) is 13.6. The lowest BCUT2D eigenvalue weighted by Crippen LogP contribution is -2.30. The Morgan fingerprint density at radius 2 is 1.76 bits per heavy atom. The fraction of sp³-hybridized carbons (Fsp3) is 0.333. The maximum atomic E-state index is 12.5. The maximum Gasteiger partial charge on any atom is 0.266 e. The highest BCUT2D eigenvalue weighted by Gasteiger charge is 2.18. The summed E-state index contributed by atoms with van der Waals surface area (Å²) >= 11 is 1.41. The van der Waals surface area contributed by atoms with E-state index in [1.54, 1.807) is 6.92 Å². The molecule has 0 radical (unpaired) electrons. The molecule has 1 N–H and O–H groups in total. The number of amides is 1. The van der Waals surface area contributed by atoms with Gasteiger partial charge in [-0.25, -0.2) is 4.98 Å². The largest absolute Gasteiger partial charge is 0.481 e. The fourth-order valence-electron chi connectivity index (χ4n) is 2.86. The molecule has 2 aromatic carbocycles. The van der Waals surface area contributed by atoms with Crippen LogP contribution in [0.2, 0.25) is 0 Å². The van der Waals surface area contributed by atoms with Gasteiger partial charge in [0.15, 0.2) is 11.2 Å². The van der Waals surface area contributed by atoms with Crippen molar-refractivity contribution in [3.05, 3.63) is 64.5 Å². The molecule has 0 aliphatic rings. The Morgan fingerprint density at radius 1 is 1.07 bits per heavy atom. The predicted octanol–water partition coefficient (Wildman–Crippen LogP) is 6.13. The molecule has 0 saturated carbocycles. The standard InChI is InChI=1S/C24H28N2O2S/c1-15-7-8-18(13-16(15)2)21-14-29-23(25-21)26-22(27)17(3)28-20-11-9-19(10-12-20)24(4,5)6/h7-14,17H,1-6H3,(H,25,26,27). The molecular weight excluding hydrogens is 380 g/mol. The summed E-state index contributed by atoms with van der Waals surface area (Å²) in [5.74, 6) is 0.460. The SMILES string of the molecule is Cc1ccc(-c2csc(NC(=O)C(C)Oc3ccc(C(C)(C)C)cc3)n2)cc1C. The van der Waals surface area contributed by atoms with Gasteiger partial charge in [0.2, 0.25) is 0 Å². The second kappa shape index (κ2) is 8.37. The monoisotopic (exact) mass is 408 g/mol. The molecule has 1 amide bonds. The number of carbonyl (C=O) groups excluding carboxylic acids is 1. The Balaban J connectivity index is 1.62. The Morgan fingerprint density at radius 3 is 2.38 bits per heavy atom. The number of hydrogen-bond acceptors (Lipinski definition) is 4. The van der Waals surface area contributed by atoms with Crippen LogP contribution in [-0.4, -0.2) is 17.0 Å². The highest BCUT2D eigenvalue weighted by molar-refractivity contribution is 7.14. The van der Waals surface area contributed by atoms with E-state index >= 15 is 0 Å². The molecule has 1 aromatic heterocycles. The second-order valence-corrected chi connectivity index (χ2v) is 9.22. The molecule has 1 unspecified atom stereocenters. The molecule has 1 heterocycles. The first-order valence-corrected chi connectivity index (χ1v) is 10.6. The second-order valence-electron chi connectivity index (χ2n) is 8.36. The lowest BCUT2D eigenvalue weighted by molar-refractivity contribution is -0.122. The number of benzene rings is 2. The van der Waals surface area contributed by atoms with Gasteiger partial charge >= 0.3 is 0 Å². The predicted molar refractivity (Wildman–Crippen MR) is 121 cm³/mol. The van der Waals surface area contributed by atoms with E-state index < -0.39 is 6.10 Å². The third-order valence-electron chi connectivity index (χ3n) is 4.94. The van der Waals surface area contributed by atoms with Crippen LogP contribution in [0.15, 0.2) is 47.8 Å². The third-order valence-corrected chi connectivity index (χ3v) is 5.70. The molecule has 5 heteroatoms. The van der Waals surface area contributed by atoms with E-state index in [4.69, 9.17) is 4.74 Å². The molecule has 3 rings (SSSR count). The minimum Gasteiger partial charge on any atom is -0.481 e. The first-order valence-electron chi connectivity index (χ1n) is 9.75. The van der Waals surface area contributed by atoms with Crippen LogP contribution in [0.25, 0.3) is 11.3 Å². The fourth-order valence-corrected chi connectivity index (χ4v) is 3.59. The van der Waals surface area contributed by atoms with Gasteiger partial charge in [0, 0.05) is 10.9 Å². The topological polar surface area (TPSA) is 51.2 Å². The first kappa shape index (κ1) is 21.1. The van der Waals surface area contributed by atoms with Gasteiger partial charge in [-0.05, 0) is 61.1 Å². The van der Waals surface area contributed by atoms with E-state index in [2.05, 4.69) is 63.1 Å². The molecule has 29 heavy (non-hydrogen) atoms. The Kier molecular flexibility index (Phi) is 6.08. The van der Waals surface area contributed by atoms with Crippen LogP contribution in [0.4, 0.5) is 5.13 Å². The summed E-state index contributed by atoms with van der Waals surface area (Å²) < 4.78 is 5.80. The third kappa shape index (κ3) is 5.24. The molecule has 0 fully saturated rings. The van der Waals surface area contributed by atoms with Crippen LogP contribution in [0.5, 0.6) is 5.75 Å². The highest BCUT2D eigenvalue weighted by Crippen LogP contribution is 2.27. The zero-order valence-electron chi connectivity index (χ0n) is 17.9. The molecule has 152 valence electrons. The molecule has 0 spiro atoms. The Bertz CT molecular complexity index is 1000. The van der Waals surface area contributed by atoms with E-state index in [0.29, 0.717) is 10.9 Å². The molecule has 1 atom stereocenters. The van der Waals surface area contributed by atoms with Crippen LogP contribution in [0, 0.1) is 13.8 Å². The summed E-state index contributed by atoms with van der Waals surface area (Å²) in [6, 6.07) is 14.1. The van der Waals surface area contributed by atoms with Crippen LogP contribution < -0.4 is 10.1 Å². The minimum absolute atomic E-state index is 0.0834. The average molecular weight is 409 g/mol. The number of aryl methyl sites for hydroxylation is 2. The van der Waals surface area contributed by atoms with Crippen molar-refractivity contribution in [2.75, 3.05) is 5.32 Å². The summed E-state index contributed by atoms with van der Waals surface area (Å²) in [4.78, 5) is 17.1. The van der Waals surface area contributed by atoms with Gasteiger partial charge in [0.05, 0.1) is 5.69 Å². The Hall–Kier alpha value is -2.66. The number of carbonyl (C=O) groups is 1. The van der Waals surface area contributed by atoms with Gasteiger partial charge < -0.3 is 4.74 Å². The van der Waals surface area contributed by atoms with Gasteiger partial charge in [-0.15, -0.1) is 11.3 Å². The smallest absolute Gasteiger partial charge is 0.266 e. The van der Waals surface area contributed by atoms with Gasteiger partial charge in [0.1, 0.15) is 5.75 Å². The molecule has 3 aromatic rings. The van der Waals surface area contributed by atoms with Crippen LogP contribution in [0.3, 0.4) is 0 Å².